The topological polar surface area (TPSA) is 64.2 Å². The summed E-state index contributed by atoms with van der Waals surface area (Å²) in [7, 11) is 1.90. The monoisotopic (exact) mass is 300 g/mol. The van der Waals surface area contributed by atoms with Crippen LogP contribution in [0.4, 0.5) is 5.69 Å². The molecule has 0 atom stereocenters. The lowest BCUT2D eigenvalue weighted by Gasteiger charge is -2.30. The molecule has 0 saturated heterocycles. The largest absolute Gasteiger partial charge is 0.371 e. The highest BCUT2D eigenvalue weighted by atomic mass is 35.5. The summed E-state index contributed by atoms with van der Waals surface area (Å²) in [6, 6.07) is 0. The van der Waals surface area contributed by atoms with Crippen LogP contribution in [-0.2, 0) is 6.54 Å². The number of anilines is 1. The van der Waals surface area contributed by atoms with Crippen LogP contribution in [0.2, 0.25) is 5.02 Å². The maximum Gasteiger partial charge on any atom is 0.287 e. The van der Waals surface area contributed by atoms with Gasteiger partial charge in [0.05, 0.1) is 11.9 Å². The number of nitrogens with zero attached hydrogens (tertiary/aromatic N) is 3. The van der Waals surface area contributed by atoms with Gasteiger partial charge in [0.25, 0.3) is 5.56 Å². The Morgan fingerprint density at radius 2 is 2.10 bits per heavy atom. The molecule has 6 heteroatoms. The highest BCUT2D eigenvalue weighted by Crippen LogP contribution is 2.24. The Labute approximate surface area is 125 Å². The smallest absolute Gasteiger partial charge is 0.287 e. The first kappa shape index (κ1) is 17.0. The van der Waals surface area contributed by atoms with Gasteiger partial charge in [0.15, 0.2) is 0 Å². The second-order valence-corrected chi connectivity index (χ2v) is 6.83. The van der Waals surface area contributed by atoms with Crippen molar-refractivity contribution >= 4 is 17.3 Å². The van der Waals surface area contributed by atoms with Gasteiger partial charge >= 0.3 is 0 Å². The van der Waals surface area contributed by atoms with E-state index in [1.54, 1.807) is 6.20 Å². The van der Waals surface area contributed by atoms with Gasteiger partial charge < -0.3 is 10.6 Å². The average Bonchev–Trinajstić information content (AvgIpc) is 2.34. The zero-order valence-electron chi connectivity index (χ0n) is 13.0. The number of aromatic nitrogens is 2. The third-order valence-corrected chi connectivity index (χ3v) is 3.49. The third kappa shape index (κ3) is 4.21. The lowest BCUT2D eigenvalue weighted by molar-refractivity contribution is 0.384. The van der Waals surface area contributed by atoms with Crippen molar-refractivity contribution < 1.29 is 0 Å². The second-order valence-electron chi connectivity index (χ2n) is 6.45. The van der Waals surface area contributed by atoms with Gasteiger partial charge in [-0.15, -0.1) is 0 Å². The lowest BCUT2D eigenvalue weighted by Crippen LogP contribution is -2.38. The fourth-order valence-electron chi connectivity index (χ4n) is 1.99. The van der Waals surface area contributed by atoms with Crippen LogP contribution in [0.1, 0.15) is 27.7 Å². The predicted octanol–water partition coefficient (Wildman–Crippen LogP) is 1.97. The summed E-state index contributed by atoms with van der Waals surface area (Å²) < 4.78 is 1.42. The molecule has 1 aromatic rings. The first-order valence-corrected chi connectivity index (χ1v) is 7.22. The Kier molecular flexibility index (Phi) is 5.59. The summed E-state index contributed by atoms with van der Waals surface area (Å²) in [6.45, 7) is 10.1. The van der Waals surface area contributed by atoms with Crippen molar-refractivity contribution in [2.45, 2.75) is 34.2 Å². The molecule has 0 aromatic carbocycles. The summed E-state index contributed by atoms with van der Waals surface area (Å²) in [5.74, 6) is 0.344. The van der Waals surface area contributed by atoms with Gasteiger partial charge in [-0.3, -0.25) is 4.79 Å². The summed E-state index contributed by atoms with van der Waals surface area (Å²) in [4.78, 5) is 14.1. The van der Waals surface area contributed by atoms with Crippen molar-refractivity contribution in [1.82, 2.24) is 9.78 Å². The van der Waals surface area contributed by atoms with E-state index in [1.807, 2.05) is 25.8 Å². The van der Waals surface area contributed by atoms with Gasteiger partial charge in [-0.05, 0) is 17.9 Å². The molecule has 0 unspecified atom stereocenters. The maximum atomic E-state index is 12.2. The van der Waals surface area contributed by atoms with E-state index in [1.165, 1.54) is 4.68 Å². The van der Waals surface area contributed by atoms with E-state index in [2.05, 4.69) is 18.9 Å². The Morgan fingerprint density at radius 3 is 2.60 bits per heavy atom. The van der Waals surface area contributed by atoms with E-state index in [9.17, 15) is 4.79 Å². The normalized spacial score (nSPS) is 12.0. The molecule has 2 N–H and O–H groups in total. The molecule has 0 aliphatic heterocycles. The van der Waals surface area contributed by atoms with Crippen molar-refractivity contribution in [3.05, 3.63) is 21.6 Å². The van der Waals surface area contributed by atoms with Crippen LogP contribution in [0, 0.1) is 11.3 Å². The zero-order chi connectivity index (χ0) is 15.5. The third-order valence-electron chi connectivity index (χ3n) is 3.13. The molecule has 0 amide bonds. The SMILES string of the molecule is CC(C)Cn1ncc(N(C)CC(C)(C)CN)c(Cl)c1=O. The first-order chi connectivity index (χ1) is 9.18. The van der Waals surface area contributed by atoms with Crippen LogP contribution in [0.15, 0.2) is 11.0 Å². The minimum Gasteiger partial charge on any atom is -0.371 e. The summed E-state index contributed by atoms with van der Waals surface area (Å²) in [5, 5.41) is 4.42. The molecule has 1 heterocycles. The van der Waals surface area contributed by atoms with Gasteiger partial charge in [0.2, 0.25) is 0 Å². The molecule has 1 rings (SSSR count). The lowest BCUT2D eigenvalue weighted by atomic mass is 9.93. The average molecular weight is 301 g/mol. The highest BCUT2D eigenvalue weighted by Gasteiger charge is 2.21. The van der Waals surface area contributed by atoms with Gasteiger partial charge in [-0.2, -0.15) is 5.10 Å². The molecule has 5 nitrogen and oxygen atoms in total. The summed E-state index contributed by atoms with van der Waals surface area (Å²) >= 11 is 6.20. The molecule has 0 bridgehead atoms. The number of nitrogens with two attached hydrogens (primary N) is 1. The van der Waals surface area contributed by atoms with Crippen LogP contribution >= 0.6 is 11.6 Å². The van der Waals surface area contributed by atoms with Crippen molar-refractivity contribution in [3.8, 4) is 0 Å². The van der Waals surface area contributed by atoms with Gasteiger partial charge in [0, 0.05) is 20.1 Å². The van der Waals surface area contributed by atoms with E-state index in [0.717, 1.165) is 0 Å². The van der Waals surface area contributed by atoms with Crippen molar-refractivity contribution in [2.24, 2.45) is 17.1 Å². The minimum atomic E-state index is -0.240. The van der Waals surface area contributed by atoms with E-state index in [-0.39, 0.29) is 16.0 Å². The molecule has 114 valence electrons. The van der Waals surface area contributed by atoms with Crippen molar-refractivity contribution in [1.29, 1.82) is 0 Å². The standard InChI is InChI=1S/C14H25ClN4O/c1-10(2)7-19-13(20)12(15)11(6-17-19)18(5)9-14(3,4)8-16/h6,10H,7-9,16H2,1-5H3. The summed E-state index contributed by atoms with van der Waals surface area (Å²) in [5.41, 5.74) is 6.10. The number of rotatable bonds is 6. The zero-order valence-corrected chi connectivity index (χ0v) is 13.7. The van der Waals surface area contributed by atoms with E-state index >= 15 is 0 Å². The molecule has 0 fully saturated rings. The van der Waals surface area contributed by atoms with Crippen LogP contribution in [0.3, 0.4) is 0 Å². The van der Waals surface area contributed by atoms with E-state index < -0.39 is 0 Å². The Hall–Kier alpha value is -1.07. The van der Waals surface area contributed by atoms with Crippen molar-refractivity contribution in [3.63, 3.8) is 0 Å². The number of hydrogen-bond donors (Lipinski definition) is 1. The van der Waals surface area contributed by atoms with Crippen molar-refractivity contribution in [2.75, 3.05) is 25.0 Å². The molecule has 0 radical (unpaired) electrons. The molecule has 20 heavy (non-hydrogen) atoms. The number of hydrogen-bond acceptors (Lipinski definition) is 4. The second kappa shape index (κ2) is 6.59. The quantitative estimate of drug-likeness (QED) is 0.872. The van der Waals surface area contributed by atoms with E-state index in [4.69, 9.17) is 17.3 Å². The van der Waals surface area contributed by atoms with Crippen LogP contribution in [0.5, 0.6) is 0 Å². The fourth-order valence-corrected chi connectivity index (χ4v) is 2.28. The Morgan fingerprint density at radius 1 is 1.50 bits per heavy atom. The van der Waals surface area contributed by atoms with Crippen LogP contribution in [-0.4, -0.2) is 29.9 Å². The highest BCUT2D eigenvalue weighted by molar-refractivity contribution is 6.33. The predicted molar refractivity (Wildman–Crippen MR) is 84.5 cm³/mol. The van der Waals surface area contributed by atoms with Gasteiger partial charge in [-0.1, -0.05) is 39.3 Å². The maximum absolute atomic E-state index is 12.2. The molecule has 0 saturated carbocycles. The van der Waals surface area contributed by atoms with Crippen LogP contribution in [0.25, 0.3) is 0 Å². The fraction of sp³-hybridized carbons (Fsp3) is 0.714. The molecular formula is C14H25ClN4O. The van der Waals surface area contributed by atoms with Gasteiger partial charge in [-0.25, -0.2) is 4.68 Å². The molecular weight excluding hydrogens is 276 g/mol. The number of halogens is 1. The van der Waals surface area contributed by atoms with Gasteiger partial charge in [0.1, 0.15) is 5.02 Å². The molecule has 0 aliphatic rings. The summed E-state index contributed by atoms with van der Waals surface area (Å²) in [6.07, 6.45) is 1.65. The Bertz CT molecular complexity index is 510. The molecule has 0 spiro atoms. The van der Waals surface area contributed by atoms with Crippen LogP contribution < -0.4 is 16.2 Å². The van der Waals surface area contributed by atoms with E-state index in [0.29, 0.717) is 31.2 Å². The molecule has 0 aliphatic carbocycles. The molecule has 1 aromatic heterocycles. The Balaban J connectivity index is 3.04. The minimum absolute atomic E-state index is 0.0507. The first-order valence-electron chi connectivity index (χ1n) is 6.85.